The Bertz CT molecular complexity index is 766. The van der Waals surface area contributed by atoms with Crippen molar-refractivity contribution in [3.05, 3.63) is 58.3 Å². The molecule has 1 heterocycles. The Balaban J connectivity index is 2.34. The van der Waals surface area contributed by atoms with E-state index in [9.17, 15) is 14.7 Å². The Kier molecular flexibility index (Phi) is 5.18. The fourth-order valence-electron chi connectivity index (χ4n) is 2.53. The van der Waals surface area contributed by atoms with Gasteiger partial charge in [-0.15, -0.1) is 0 Å². The molecular weight excluding hydrogens is 308 g/mol. The number of carbonyl (C=O) groups is 2. The Labute approximate surface area is 140 Å². The lowest BCUT2D eigenvalue weighted by Crippen LogP contribution is -2.34. The lowest BCUT2D eigenvalue weighted by molar-refractivity contribution is -0.139. The fourth-order valence-corrected chi connectivity index (χ4v) is 2.53. The summed E-state index contributed by atoms with van der Waals surface area (Å²) in [6.45, 7) is 5.54. The zero-order chi connectivity index (χ0) is 17.9. The van der Waals surface area contributed by atoms with Crippen molar-refractivity contribution in [1.82, 2.24) is 10.3 Å². The lowest BCUT2D eigenvalue weighted by atomic mass is 10.0. The number of nitrogens with zero attached hydrogens (tertiary/aromatic N) is 1. The minimum Gasteiger partial charge on any atom is -0.480 e. The zero-order valence-electron chi connectivity index (χ0n) is 14.1. The third kappa shape index (κ3) is 3.90. The predicted molar refractivity (Wildman–Crippen MR) is 89.3 cm³/mol. The van der Waals surface area contributed by atoms with Crippen LogP contribution in [-0.2, 0) is 4.79 Å². The summed E-state index contributed by atoms with van der Waals surface area (Å²) in [4.78, 5) is 28.3. The Morgan fingerprint density at radius 2 is 1.75 bits per heavy atom. The molecular formula is C18H20N2O4. The van der Waals surface area contributed by atoms with Crippen molar-refractivity contribution in [3.8, 4) is 5.88 Å². The van der Waals surface area contributed by atoms with Crippen LogP contribution in [0.1, 0.15) is 38.8 Å². The normalized spacial score (nSPS) is 11.7. The van der Waals surface area contributed by atoms with Crippen LogP contribution in [0.25, 0.3) is 0 Å². The molecule has 2 N–H and O–H groups in total. The van der Waals surface area contributed by atoms with E-state index in [1.165, 1.54) is 7.11 Å². The van der Waals surface area contributed by atoms with Crippen molar-refractivity contribution in [3.63, 3.8) is 0 Å². The van der Waals surface area contributed by atoms with E-state index in [0.717, 1.165) is 11.1 Å². The topological polar surface area (TPSA) is 88.5 Å². The molecule has 0 aliphatic heterocycles. The van der Waals surface area contributed by atoms with Crippen LogP contribution in [-0.4, -0.2) is 29.1 Å². The predicted octanol–water partition coefficient (Wildman–Crippen LogP) is 2.57. The van der Waals surface area contributed by atoms with Crippen LogP contribution >= 0.6 is 0 Å². The number of carboxylic acid groups (broad SMARTS) is 1. The van der Waals surface area contributed by atoms with Gasteiger partial charge in [0, 0.05) is 5.69 Å². The van der Waals surface area contributed by atoms with Gasteiger partial charge in [-0.2, -0.15) is 0 Å². The second-order valence-electron chi connectivity index (χ2n) is 5.68. The molecule has 24 heavy (non-hydrogen) atoms. The number of carboxylic acids is 1. The number of amides is 1. The molecule has 1 aromatic carbocycles. The maximum absolute atomic E-state index is 12.5. The average Bonchev–Trinajstić information content (AvgIpc) is 2.50. The van der Waals surface area contributed by atoms with Crippen molar-refractivity contribution in [2.75, 3.05) is 7.11 Å². The first kappa shape index (κ1) is 17.5. The molecule has 0 spiro atoms. The van der Waals surface area contributed by atoms with Crippen LogP contribution in [0.15, 0.2) is 30.3 Å². The quantitative estimate of drug-likeness (QED) is 0.880. The number of nitrogens with one attached hydrogen (secondary N) is 1. The number of benzene rings is 1. The number of methoxy groups -OCH3 is 1. The maximum Gasteiger partial charge on any atom is 0.330 e. The molecule has 6 heteroatoms. The van der Waals surface area contributed by atoms with Gasteiger partial charge in [-0.1, -0.05) is 29.3 Å². The van der Waals surface area contributed by atoms with Gasteiger partial charge in [0.05, 0.1) is 7.11 Å². The van der Waals surface area contributed by atoms with E-state index < -0.39 is 17.9 Å². The van der Waals surface area contributed by atoms with E-state index >= 15 is 0 Å². The molecule has 0 saturated carbocycles. The molecule has 2 rings (SSSR count). The summed E-state index contributed by atoms with van der Waals surface area (Å²) < 4.78 is 5.11. The van der Waals surface area contributed by atoms with Crippen LogP contribution in [0.2, 0.25) is 0 Å². The number of aliphatic carboxylic acids is 1. The van der Waals surface area contributed by atoms with Crippen molar-refractivity contribution < 1.29 is 19.4 Å². The van der Waals surface area contributed by atoms with E-state index in [1.54, 1.807) is 31.2 Å². The van der Waals surface area contributed by atoms with E-state index in [2.05, 4.69) is 10.3 Å². The van der Waals surface area contributed by atoms with Gasteiger partial charge in [0.2, 0.25) is 5.88 Å². The molecule has 1 unspecified atom stereocenters. The highest BCUT2D eigenvalue weighted by atomic mass is 16.5. The zero-order valence-corrected chi connectivity index (χ0v) is 14.1. The maximum atomic E-state index is 12.5. The molecule has 126 valence electrons. The van der Waals surface area contributed by atoms with E-state index in [0.29, 0.717) is 11.3 Å². The highest BCUT2D eigenvalue weighted by Gasteiger charge is 2.25. The molecule has 0 fully saturated rings. The third-order valence-corrected chi connectivity index (χ3v) is 3.54. The van der Waals surface area contributed by atoms with Crippen LogP contribution in [0.5, 0.6) is 5.88 Å². The summed E-state index contributed by atoms with van der Waals surface area (Å²) >= 11 is 0. The Hall–Kier alpha value is -2.89. The molecule has 1 atom stereocenters. The Morgan fingerprint density at radius 1 is 1.12 bits per heavy atom. The highest BCUT2D eigenvalue weighted by molar-refractivity contribution is 5.98. The minimum atomic E-state index is -1.15. The van der Waals surface area contributed by atoms with Crippen molar-refractivity contribution >= 4 is 11.9 Å². The van der Waals surface area contributed by atoms with Crippen molar-refractivity contribution in [1.29, 1.82) is 0 Å². The van der Waals surface area contributed by atoms with Gasteiger partial charge in [0.15, 0.2) is 6.04 Å². The highest BCUT2D eigenvalue weighted by Crippen LogP contribution is 2.20. The minimum absolute atomic E-state index is 0.164. The molecule has 0 saturated heterocycles. The molecule has 0 aliphatic rings. The molecule has 2 aromatic rings. The molecule has 1 aromatic heterocycles. The first-order valence-corrected chi connectivity index (χ1v) is 7.45. The number of aromatic nitrogens is 1. The lowest BCUT2D eigenvalue weighted by Gasteiger charge is -2.17. The summed E-state index contributed by atoms with van der Waals surface area (Å²) in [6.07, 6.45) is 0. The van der Waals surface area contributed by atoms with E-state index in [1.807, 2.05) is 19.9 Å². The van der Waals surface area contributed by atoms with Crippen LogP contribution in [0.3, 0.4) is 0 Å². The van der Waals surface area contributed by atoms with Gasteiger partial charge in [-0.05, 0) is 38.5 Å². The molecule has 0 aliphatic carbocycles. The second-order valence-corrected chi connectivity index (χ2v) is 5.68. The Morgan fingerprint density at radius 3 is 2.29 bits per heavy atom. The number of aryl methyl sites for hydroxylation is 3. The van der Waals surface area contributed by atoms with E-state index in [-0.39, 0.29) is 11.4 Å². The molecule has 0 radical (unpaired) electrons. The number of rotatable bonds is 5. The van der Waals surface area contributed by atoms with Crippen molar-refractivity contribution in [2.45, 2.75) is 26.8 Å². The largest absolute Gasteiger partial charge is 0.480 e. The van der Waals surface area contributed by atoms with Gasteiger partial charge >= 0.3 is 5.97 Å². The van der Waals surface area contributed by atoms with Crippen LogP contribution in [0.4, 0.5) is 0 Å². The van der Waals surface area contributed by atoms with Crippen molar-refractivity contribution in [2.24, 2.45) is 0 Å². The molecule has 6 nitrogen and oxygen atoms in total. The second kappa shape index (κ2) is 7.12. The van der Waals surface area contributed by atoms with Gasteiger partial charge in [0.1, 0.15) is 5.56 Å². The monoisotopic (exact) mass is 328 g/mol. The third-order valence-electron chi connectivity index (χ3n) is 3.54. The number of hydrogen-bond donors (Lipinski definition) is 2. The van der Waals surface area contributed by atoms with E-state index in [4.69, 9.17) is 4.74 Å². The van der Waals surface area contributed by atoms with Crippen LogP contribution < -0.4 is 10.1 Å². The molecule has 0 bridgehead atoms. The summed E-state index contributed by atoms with van der Waals surface area (Å²) in [5.41, 5.74) is 3.28. The fraction of sp³-hybridized carbons (Fsp3) is 0.278. The van der Waals surface area contributed by atoms with Gasteiger partial charge in [-0.3, -0.25) is 4.79 Å². The number of carbonyl (C=O) groups excluding carboxylic acids is 1. The number of hydrogen-bond acceptors (Lipinski definition) is 4. The van der Waals surface area contributed by atoms with Gasteiger partial charge in [-0.25, -0.2) is 9.78 Å². The average molecular weight is 328 g/mol. The summed E-state index contributed by atoms with van der Waals surface area (Å²) in [5, 5.41) is 12.1. The summed E-state index contributed by atoms with van der Waals surface area (Å²) in [6, 6.07) is 7.52. The number of pyridine rings is 1. The number of ether oxygens (including phenoxy) is 1. The summed E-state index contributed by atoms with van der Waals surface area (Å²) in [5.74, 6) is -1.52. The first-order valence-electron chi connectivity index (χ1n) is 7.45. The smallest absolute Gasteiger partial charge is 0.330 e. The SMILES string of the molecule is COc1nc(C)ccc1C(=O)NC(C(=O)O)c1cc(C)cc(C)c1. The van der Waals surface area contributed by atoms with Gasteiger partial charge < -0.3 is 15.2 Å². The van der Waals surface area contributed by atoms with Crippen LogP contribution in [0, 0.1) is 20.8 Å². The summed E-state index contributed by atoms with van der Waals surface area (Å²) in [7, 11) is 1.41. The first-order chi connectivity index (χ1) is 11.3. The van der Waals surface area contributed by atoms with Gasteiger partial charge in [0.25, 0.3) is 5.91 Å². The standard InChI is InChI=1S/C18H20N2O4/c1-10-7-11(2)9-13(8-10)15(18(22)23)20-16(21)14-6-5-12(3)19-17(14)24-4/h5-9,15H,1-4H3,(H,20,21)(H,22,23). The molecule has 1 amide bonds.